The van der Waals surface area contributed by atoms with Crippen molar-refractivity contribution in [1.29, 1.82) is 0 Å². The molecule has 0 saturated carbocycles. The summed E-state index contributed by atoms with van der Waals surface area (Å²) < 4.78 is 32.7. The molecule has 0 aromatic heterocycles. The van der Waals surface area contributed by atoms with Gasteiger partial charge < -0.3 is 9.64 Å². The SMILES string of the molecule is COc1ccc(S(=O)(=O)NCc2ccccc2CN2CCCC2=O)cc1. The monoisotopic (exact) mass is 374 g/mol. The Hall–Kier alpha value is -2.38. The molecule has 0 atom stereocenters. The first-order chi connectivity index (χ1) is 12.5. The van der Waals surface area contributed by atoms with Crippen LogP contribution in [-0.4, -0.2) is 32.9 Å². The van der Waals surface area contributed by atoms with Crippen LogP contribution < -0.4 is 9.46 Å². The zero-order chi connectivity index (χ0) is 18.6. The van der Waals surface area contributed by atoms with E-state index in [2.05, 4.69) is 4.72 Å². The van der Waals surface area contributed by atoms with E-state index >= 15 is 0 Å². The third-order valence-corrected chi connectivity index (χ3v) is 5.89. The summed E-state index contributed by atoms with van der Waals surface area (Å²) in [6.45, 7) is 1.44. The topological polar surface area (TPSA) is 75.7 Å². The van der Waals surface area contributed by atoms with Crippen molar-refractivity contribution in [2.45, 2.75) is 30.8 Å². The van der Waals surface area contributed by atoms with Crippen LogP contribution in [0.4, 0.5) is 0 Å². The van der Waals surface area contributed by atoms with Crippen LogP contribution in [0.1, 0.15) is 24.0 Å². The molecule has 1 heterocycles. The van der Waals surface area contributed by atoms with Crippen molar-refractivity contribution < 1.29 is 17.9 Å². The molecule has 1 amide bonds. The molecular formula is C19H22N2O4S. The van der Waals surface area contributed by atoms with E-state index in [1.54, 1.807) is 12.1 Å². The van der Waals surface area contributed by atoms with Crippen LogP contribution in [0.2, 0.25) is 0 Å². The van der Waals surface area contributed by atoms with E-state index in [9.17, 15) is 13.2 Å². The Bertz CT molecular complexity index is 879. The summed E-state index contributed by atoms with van der Waals surface area (Å²) in [5, 5.41) is 0. The van der Waals surface area contributed by atoms with Crippen molar-refractivity contribution in [3.63, 3.8) is 0 Å². The van der Waals surface area contributed by atoms with E-state index < -0.39 is 10.0 Å². The number of methoxy groups -OCH3 is 1. The average molecular weight is 374 g/mol. The van der Waals surface area contributed by atoms with E-state index in [1.165, 1.54) is 19.2 Å². The number of likely N-dealkylation sites (tertiary alicyclic amines) is 1. The highest BCUT2D eigenvalue weighted by Gasteiger charge is 2.21. The molecule has 3 rings (SSSR count). The molecule has 1 N–H and O–H groups in total. The Morgan fingerprint density at radius 3 is 2.38 bits per heavy atom. The molecule has 0 unspecified atom stereocenters. The molecule has 0 radical (unpaired) electrons. The number of benzene rings is 2. The van der Waals surface area contributed by atoms with Gasteiger partial charge in [0.2, 0.25) is 15.9 Å². The number of rotatable bonds is 7. The molecule has 7 heteroatoms. The van der Waals surface area contributed by atoms with Gasteiger partial charge in [-0.05, 0) is 41.8 Å². The molecule has 1 saturated heterocycles. The minimum atomic E-state index is -3.62. The van der Waals surface area contributed by atoms with Gasteiger partial charge in [0, 0.05) is 26.1 Å². The average Bonchev–Trinajstić information content (AvgIpc) is 3.06. The number of hydrogen-bond acceptors (Lipinski definition) is 4. The summed E-state index contributed by atoms with van der Waals surface area (Å²) in [4.78, 5) is 13.9. The van der Waals surface area contributed by atoms with Crippen LogP contribution in [0.5, 0.6) is 5.75 Å². The van der Waals surface area contributed by atoms with E-state index in [1.807, 2.05) is 29.2 Å². The normalized spacial score (nSPS) is 14.7. The van der Waals surface area contributed by atoms with E-state index in [-0.39, 0.29) is 17.3 Å². The van der Waals surface area contributed by atoms with E-state index in [0.29, 0.717) is 18.7 Å². The Labute approximate surface area is 153 Å². The van der Waals surface area contributed by atoms with Crippen LogP contribution in [0.15, 0.2) is 53.4 Å². The highest BCUT2D eigenvalue weighted by molar-refractivity contribution is 7.89. The fourth-order valence-electron chi connectivity index (χ4n) is 2.97. The second-order valence-corrected chi connectivity index (χ2v) is 7.95. The van der Waals surface area contributed by atoms with Gasteiger partial charge in [0.25, 0.3) is 0 Å². The van der Waals surface area contributed by atoms with Gasteiger partial charge in [-0.25, -0.2) is 13.1 Å². The summed E-state index contributed by atoms with van der Waals surface area (Å²) in [7, 11) is -2.09. The summed E-state index contributed by atoms with van der Waals surface area (Å²) >= 11 is 0. The number of sulfonamides is 1. The van der Waals surface area contributed by atoms with Gasteiger partial charge >= 0.3 is 0 Å². The van der Waals surface area contributed by atoms with Gasteiger partial charge in [0.15, 0.2) is 0 Å². The highest BCUT2D eigenvalue weighted by atomic mass is 32.2. The molecule has 2 aromatic rings. The second-order valence-electron chi connectivity index (χ2n) is 6.19. The fraction of sp³-hybridized carbons (Fsp3) is 0.316. The zero-order valence-corrected chi connectivity index (χ0v) is 15.5. The summed E-state index contributed by atoms with van der Waals surface area (Å²) in [5.41, 5.74) is 1.82. The van der Waals surface area contributed by atoms with E-state index in [4.69, 9.17) is 4.74 Å². The molecule has 6 nitrogen and oxygen atoms in total. The Morgan fingerprint density at radius 1 is 1.08 bits per heavy atom. The number of nitrogens with one attached hydrogen (secondary N) is 1. The quantitative estimate of drug-likeness (QED) is 0.807. The Morgan fingerprint density at radius 2 is 1.77 bits per heavy atom. The minimum Gasteiger partial charge on any atom is -0.497 e. The molecular weight excluding hydrogens is 352 g/mol. The number of carbonyl (C=O) groups is 1. The first-order valence-corrected chi connectivity index (χ1v) is 9.96. The van der Waals surface area contributed by atoms with Crippen LogP contribution in [-0.2, 0) is 27.9 Å². The third kappa shape index (κ3) is 4.23. The standard InChI is InChI=1S/C19H22N2O4S/c1-25-17-8-10-18(11-9-17)26(23,24)20-13-15-5-2-3-6-16(15)14-21-12-4-7-19(21)22/h2-3,5-6,8-11,20H,4,7,12-14H2,1H3. The smallest absolute Gasteiger partial charge is 0.240 e. The van der Waals surface area contributed by atoms with Crippen LogP contribution >= 0.6 is 0 Å². The van der Waals surface area contributed by atoms with Crippen molar-refractivity contribution in [2.75, 3.05) is 13.7 Å². The Kier molecular flexibility index (Phi) is 5.58. The van der Waals surface area contributed by atoms with Crippen molar-refractivity contribution in [3.8, 4) is 5.75 Å². The molecule has 138 valence electrons. The van der Waals surface area contributed by atoms with Gasteiger partial charge in [0.05, 0.1) is 12.0 Å². The van der Waals surface area contributed by atoms with Gasteiger partial charge in [-0.2, -0.15) is 0 Å². The lowest BCUT2D eigenvalue weighted by Gasteiger charge is -2.18. The van der Waals surface area contributed by atoms with Gasteiger partial charge in [-0.1, -0.05) is 24.3 Å². The Balaban J connectivity index is 1.71. The lowest BCUT2D eigenvalue weighted by Crippen LogP contribution is -2.27. The molecule has 1 aliphatic heterocycles. The maximum absolute atomic E-state index is 12.5. The lowest BCUT2D eigenvalue weighted by atomic mass is 10.1. The first kappa shape index (κ1) is 18.4. The third-order valence-electron chi connectivity index (χ3n) is 4.47. The van der Waals surface area contributed by atoms with Crippen LogP contribution in [0.25, 0.3) is 0 Å². The molecule has 0 bridgehead atoms. The summed E-state index contributed by atoms with van der Waals surface area (Å²) in [6.07, 6.45) is 1.47. The molecule has 2 aromatic carbocycles. The molecule has 1 fully saturated rings. The predicted molar refractivity (Wildman–Crippen MR) is 98.1 cm³/mol. The largest absolute Gasteiger partial charge is 0.497 e. The van der Waals surface area contributed by atoms with Crippen molar-refractivity contribution in [2.24, 2.45) is 0 Å². The van der Waals surface area contributed by atoms with Crippen LogP contribution in [0, 0.1) is 0 Å². The maximum atomic E-state index is 12.5. The van der Waals surface area contributed by atoms with Gasteiger partial charge in [0.1, 0.15) is 5.75 Å². The second kappa shape index (κ2) is 7.88. The first-order valence-electron chi connectivity index (χ1n) is 8.48. The highest BCUT2D eigenvalue weighted by Crippen LogP contribution is 2.19. The molecule has 0 aliphatic carbocycles. The van der Waals surface area contributed by atoms with Crippen LogP contribution in [0.3, 0.4) is 0 Å². The molecule has 0 spiro atoms. The zero-order valence-electron chi connectivity index (χ0n) is 14.6. The van der Waals surface area contributed by atoms with Crippen molar-refractivity contribution in [3.05, 3.63) is 59.7 Å². The molecule has 1 aliphatic rings. The maximum Gasteiger partial charge on any atom is 0.240 e. The lowest BCUT2D eigenvalue weighted by molar-refractivity contribution is -0.128. The number of carbonyl (C=O) groups excluding carboxylic acids is 1. The van der Waals surface area contributed by atoms with Crippen molar-refractivity contribution >= 4 is 15.9 Å². The van der Waals surface area contributed by atoms with Gasteiger partial charge in [-0.3, -0.25) is 4.79 Å². The fourth-order valence-corrected chi connectivity index (χ4v) is 3.98. The number of ether oxygens (including phenoxy) is 1. The summed E-state index contributed by atoms with van der Waals surface area (Å²) in [6, 6.07) is 13.8. The van der Waals surface area contributed by atoms with Crippen molar-refractivity contribution in [1.82, 2.24) is 9.62 Å². The minimum absolute atomic E-state index is 0.151. The molecule has 26 heavy (non-hydrogen) atoms. The summed E-state index contributed by atoms with van der Waals surface area (Å²) in [5.74, 6) is 0.753. The number of nitrogens with zero attached hydrogens (tertiary/aromatic N) is 1. The predicted octanol–water partition coefficient (Wildman–Crippen LogP) is 2.30. The number of hydrogen-bond donors (Lipinski definition) is 1. The van der Waals surface area contributed by atoms with Gasteiger partial charge in [-0.15, -0.1) is 0 Å². The van der Waals surface area contributed by atoms with E-state index in [0.717, 1.165) is 24.1 Å². The number of amides is 1.